The van der Waals surface area contributed by atoms with Gasteiger partial charge in [-0.2, -0.15) is 0 Å². The zero-order valence-corrected chi connectivity index (χ0v) is 10.3. The number of nitro groups is 1. The lowest BCUT2D eigenvalue weighted by Gasteiger charge is -2.29. The van der Waals surface area contributed by atoms with Crippen molar-refractivity contribution in [2.75, 3.05) is 0 Å². The van der Waals surface area contributed by atoms with Gasteiger partial charge in [-0.3, -0.25) is 4.79 Å². The number of rotatable bonds is 4. The molecule has 1 amide bonds. The Balaban J connectivity index is 2.97. The van der Waals surface area contributed by atoms with Gasteiger partial charge in [0.2, 0.25) is 0 Å². The van der Waals surface area contributed by atoms with Crippen molar-refractivity contribution in [3.8, 4) is 0 Å². The molecule has 0 aromatic carbocycles. The Morgan fingerprint density at radius 2 is 1.94 bits per heavy atom. The summed E-state index contributed by atoms with van der Waals surface area (Å²) in [7, 11) is 0. The molecule has 0 saturated carbocycles. The Morgan fingerprint density at radius 3 is 2.29 bits per heavy atom. The van der Waals surface area contributed by atoms with Crippen molar-refractivity contribution in [3.05, 3.63) is 21.9 Å². The largest absolute Gasteiger partial charge is 0.358 e. The van der Waals surface area contributed by atoms with Crippen LogP contribution in [0.5, 0.6) is 0 Å². The first-order valence-electron chi connectivity index (χ1n) is 5.37. The lowest BCUT2D eigenvalue weighted by molar-refractivity contribution is -0.389. The lowest BCUT2D eigenvalue weighted by atomic mass is 10.2. The number of aromatic nitrogens is 2. The fourth-order valence-corrected chi connectivity index (χ4v) is 1.71. The Labute approximate surface area is 99.0 Å². The van der Waals surface area contributed by atoms with Crippen molar-refractivity contribution < 1.29 is 9.72 Å². The third-order valence-corrected chi connectivity index (χ3v) is 2.33. The van der Waals surface area contributed by atoms with Crippen molar-refractivity contribution in [1.29, 1.82) is 0 Å². The number of carbonyl (C=O) groups is 1. The molecule has 7 heteroatoms. The van der Waals surface area contributed by atoms with Crippen LogP contribution in [0.1, 0.15) is 38.2 Å². The van der Waals surface area contributed by atoms with Crippen LogP contribution in [-0.4, -0.2) is 38.0 Å². The topological polar surface area (TPSA) is 92.1 Å². The van der Waals surface area contributed by atoms with Gasteiger partial charge < -0.3 is 15.0 Å². The highest BCUT2D eigenvalue weighted by Gasteiger charge is 2.25. The van der Waals surface area contributed by atoms with E-state index in [4.69, 9.17) is 0 Å². The lowest BCUT2D eigenvalue weighted by Crippen LogP contribution is -2.42. The molecule has 0 aliphatic heterocycles. The second-order valence-electron chi connectivity index (χ2n) is 4.30. The van der Waals surface area contributed by atoms with Crippen LogP contribution in [-0.2, 0) is 0 Å². The summed E-state index contributed by atoms with van der Waals surface area (Å²) in [6, 6.07) is 1.18. The summed E-state index contributed by atoms with van der Waals surface area (Å²) in [6.07, 6.45) is 0. The van der Waals surface area contributed by atoms with Gasteiger partial charge in [0.05, 0.1) is 6.07 Å². The molecule has 0 radical (unpaired) electrons. The second-order valence-corrected chi connectivity index (χ2v) is 4.30. The Morgan fingerprint density at radius 1 is 1.41 bits per heavy atom. The van der Waals surface area contributed by atoms with Crippen LogP contribution < -0.4 is 0 Å². The van der Waals surface area contributed by atoms with E-state index in [1.54, 1.807) is 4.90 Å². The summed E-state index contributed by atoms with van der Waals surface area (Å²) >= 11 is 0. The van der Waals surface area contributed by atoms with Crippen LogP contribution in [0.4, 0.5) is 5.82 Å². The molecule has 0 fully saturated rings. The van der Waals surface area contributed by atoms with E-state index >= 15 is 0 Å². The number of amides is 1. The number of hydrogen-bond acceptors (Lipinski definition) is 4. The highest BCUT2D eigenvalue weighted by atomic mass is 16.6. The van der Waals surface area contributed by atoms with Crippen LogP contribution in [0, 0.1) is 10.1 Å². The van der Waals surface area contributed by atoms with Gasteiger partial charge >= 0.3 is 5.82 Å². The quantitative estimate of drug-likeness (QED) is 0.638. The summed E-state index contributed by atoms with van der Waals surface area (Å²) in [4.78, 5) is 23.6. The Kier molecular flexibility index (Phi) is 3.82. The van der Waals surface area contributed by atoms with Crippen LogP contribution in [0.3, 0.4) is 0 Å². The van der Waals surface area contributed by atoms with Gasteiger partial charge in [0, 0.05) is 12.1 Å². The molecule has 1 rings (SSSR count). The van der Waals surface area contributed by atoms with Crippen LogP contribution in [0.2, 0.25) is 0 Å². The molecule has 0 spiro atoms. The van der Waals surface area contributed by atoms with Gasteiger partial charge in [0.15, 0.2) is 5.69 Å². The van der Waals surface area contributed by atoms with Gasteiger partial charge in [0.1, 0.15) is 0 Å². The summed E-state index contributed by atoms with van der Waals surface area (Å²) < 4.78 is 0. The third kappa shape index (κ3) is 2.80. The maximum Gasteiger partial charge on any atom is 0.343 e. The normalized spacial score (nSPS) is 10.9. The van der Waals surface area contributed by atoms with Gasteiger partial charge in [-0.15, -0.1) is 5.10 Å². The molecule has 94 valence electrons. The van der Waals surface area contributed by atoms with E-state index in [2.05, 4.69) is 10.2 Å². The van der Waals surface area contributed by atoms with Crippen molar-refractivity contribution in [2.45, 2.75) is 39.8 Å². The molecule has 17 heavy (non-hydrogen) atoms. The molecule has 1 N–H and O–H groups in total. The van der Waals surface area contributed by atoms with E-state index in [1.807, 2.05) is 27.7 Å². The Bertz CT molecular complexity index is 417. The number of aromatic amines is 1. The summed E-state index contributed by atoms with van der Waals surface area (Å²) in [5, 5.41) is 16.4. The van der Waals surface area contributed by atoms with Crippen molar-refractivity contribution >= 4 is 11.7 Å². The molecular formula is C10H16N4O3. The average Bonchev–Trinajstić information content (AvgIpc) is 2.64. The first-order valence-corrected chi connectivity index (χ1v) is 5.37. The Hall–Kier alpha value is -1.92. The fourth-order valence-electron chi connectivity index (χ4n) is 1.71. The molecule has 0 atom stereocenters. The predicted molar refractivity (Wildman–Crippen MR) is 61.7 cm³/mol. The van der Waals surface area contributed by atoms with Crippen molar-refractivity contribution in [2.24, 2.45) is 0 Å². The number of hydrogen-bond donors (Lipinski definition) is 1. The molecule has 1 heterocycles. The van der Waals surface area contributed by atoms with Crippen LogP contribution in [0.15, 0.2) is 6.07 Å². The van der Waals surface area contributed by atoms with E-state index in [0.717, 1.165) is 6.07 Å². The van der Waals surface area contributed by atoms with Gasteiger partial charge in [-0.05, 0) is 32.6 Å². The standard InChI is InChI=1S/C10H16N4O3/c1-6(2)13(7(3)4)10(15)8-5-9(12-11-8)14(16)17/h5-7H,1-4H3,(H,11,12). The first-order chi connectivity index (χ1) is 7.84. The second kappa shape index (κ2) is 4.94. The number of nitrogens with zero attached hydrogens (tertiary/aromatic N) is 3. The molecule has 0 aliphatic carbocycles. The number of H-pyrrole nitrogens is 1. The van der Waals surface area contributed by atoms with Crippen molar-refractivity contribution in [3.63, 3.8) is 0 Å². The maximum absolute atomic E-state index is 12.1. The smallest absolute Gasteiger partial charge is 0.343 e. The van der Waals surface area contributed by atoms with Gasteiger partial charge in [-0.25, -0.2) is 0 Å². The molecule has 7 nitrogen and oxygen atoms in total. The van der Waals surface area contributed by atoms with E-state index in [0.29, 0.717) is 0 Å². The van der Waals surface area contributed by atoms with Crippen LogP contribution >= 0.6 is 0 Å². The summed E-state index contributed by atoms with van der Waals surface area (Å²) in [5.74, 6) is -0.583. The molecule has 0 unspecified atom stereocenters. The molecule has 0 saturated heterocycles. The number of nitrogens with one attached hydrogen (secondary N) is 1. The molecule has 1 aromatic heterocycles. The van der Waals surface area contributed by atoms with Crippen molar-refractivity contribution in [1.82, 2.24) is 15.1 Å². The predicted octanol–water partition coefficient (Wildman–Crippen LogP) is 1.58. The SMILES string of the molecule is CC(C)N(C(=O)c1cc([N+](=O)[O-])[nH]n1)C(C)C. The first kappa shape index (κ1) is 13.1. The average molecular weight is 240 g/mol. The third-order valence-electron chi connectivity index (χ3n) is 2.33. The van der Waals surface area contributed by atoms with Gasteiger partial charge in [-0.1, -0.05) is 5.10 Å². The van der Waals surface area contributed by atoms with Crippen LogP contribution in [0.25, 0.3) is 0 Å². The van der Waals surface area contributed by atoms with E-state index in [9.17, 15) is 14.9 Å². The molecule has 0 aliphatic rings. The summed E-state index contributed by atoms with van der Waals surface area (Å²) in [6.45, 7) is 7.55. The zero-order valence-electron chi connectivity index (χ0n) is 10.3. The highest BCUT2D eigenvalue weighted by molar-refractivity contribution is 5.93. The highest BCUT2D eigenvalue weighted by Crippen LogP contribution is 2.14. The monoisotopic (exact) mass is 240 g/mol. The van der Waals surface area contributed by atoms with Gasteiger partial charge in [0.25, 0.3) is 5.91 Å². The number of carbonyl (C=O) groups excluding carboxylic acids is 1. The summed E-state index contributed by atoms with van der Waals surface area (Å²) in [5.41, 5.74) is 0.0686. The molecule has 1 aromatic rings. The maximum atomic E-state index is 12.1. The zero-order chi connectivity index (χ0) is 13.2. The fraction of sp³-hybridized carbons (Fsp3) is 0.600. The van der Waals surface area contributed by atoms with E-state index < -0.39 is 4.92 Å². The minimum absolute atomic E-state index is 0.0123. The molecule has 0 bridgehead atoms. The minimum Gasteiger partial charge on any atom is -0.358 e. The minimum atomic E-state index is -0.612. The van der Waals surface area contributed by atoms with E-state index in [1.165, 1.54) is 0 Å². The van der Waals surface area contributed by atoms with E-state index in [-0.39, 0.29) is 29.5 Å². The molecular weight excluding hydrogens is 224 g/mol.